The zero-order valence-corrected chi connectivity index (χ0v) is 11.6. The fraction of sp³-hybridized carbons (Fsp3) is 0.917. The molecule has 0 saturated carbocycles. The van der Waals surface area contributed by atoms with Crippen molar-refractivity contribution >= 4 is 17.3 Å². The summed E-state index contributed by atoms with van der Waals surface area (Å²) < 4.78 is 0. The van der Waals surface area contributed by atoms with Gasteiger partial charge in [0.25, 0.3) is 0 Å². The SMILES string of the molecule is CC(C)CCC(C)NC(=S)NCC(C)C. The third-order valence-electron chi connectivity index (χ3n) is 2.23. The maximum absolute atomic E-state index is 5.21. The van der Waals surface area contributed by atoms with Crippen LogP contribution in [-0.4, -0.2) is 17.7 Å². The minimum absolute atomic E-state index is 0.472. The van der Waals surface area contributed by atoms with E-state index >= 15 is 0 Å². The van der Waals surface area contributed by atoms with E-state index in [1.54, 1.807) is 0 Å². The normalized spacial score (nSPS) is 13.0. The minimum atomic E-state index is 0.472. The first kappa shape index (κ1) is 14.7. The molecular weight excluding hydrogens is 204 g/mol. The van der Waals surface area contributed by atoms with Gasteiger partial charge in [-0.2, -0.15) is 0 Å². The topological polar surface area (TPSA) is 24.1 Å². The molecule has 90 valence electrons. The van der Waals surface area contributed by atoms with Gasteiger partial charge in [0.05, 0.1) is 0 Å². The number of thiocarbonyl (C=S) groups is 1. The van der Waals surface area contributed by atoms with Crippen molar-refractivity contribution in [2.24, 2.45) is 11.8 Å². The molecule has 0 fully saturated rings. The summed E-state index contributed by atoms with van der Waals surface area (Å²) >= 11 is 5.21. The van der Waals surface area contributed by atoms with Crippen LogP contribution < -0.4 is 10.6 Å². The molecule has 0 aromatic carbocycles. The average molecular weight is 230 g/mol. The van der Waals surface area contributed by atoms with Gasteiger partial charge >= 0.3 is 0 Å². The smallest absolute Gasteiger partial charge is 0.166 e. The van der Waals surface area contributed by atoms with E-state index in [0.717, 1.165) is 17.6 Å². The Kier molecular flexibility index (Phi) is 7.75. The van der Waals surface area contributed by atoms with Gasteiger partial charge in [-0.1, -0.05) is 27.7 Å². The highest BCUT2D eigenvalue weighted by Gasteiger charge is 2.05. The predicted molar refractivity (Wildman–Crippen MR) is 72.1 cm³/mol. The van der Waals surface area contributed by atoms with Gasteiger partial charge in [0.2, 0.25) is 0 Å². The standard InChI is InChI=1S/C12H26N2S/c1-9(2)6-7-11(5)14-12(15)13-8-10(3)4/h9-11H,6-8H2,1-5H3,(H2,13,14,15). The number of hydrogen-bond donors (Lipinski definition) is 2. The molecule has 0 amide bonds. The molecule has 0 rings (SSSR count). The van der Waals surface area contributed by atoms with Crippen molar-refractivity contribution in [3.63, 3.8) is 0 Å². The maximum Gasteiger partial charge on any atom is 0.166 e. The zero-order valence-electron chi connectivity index (χ0n) is 10.8. The largest absolute Gasteiger partial charge is 0.362 e. The summed E-state index contributed by atoms with van der Waals surface area (Å²) in [5, 5.41) is 7.32. The Morgan fingerprint density at radius 1 is 1.00 bits per heavy atom. The van der Waals surface area contributed by atoms with Crippen LogP contribution in [0.2, 0.25) is 0 Å². The van der Waals surface area contributed by atoms with Gasteiger partial charge in [0.15, 0.2) is 5.11 Å². The van der Waals surface area contributed by atoms with Gasteiger partial charge in [0.1, 0.15) is 0 Å². The van der Waals surface area contributed by atoms with E-state index in [-0.39, 0.29) is 0 Å². The van der Waals surface area contributed by atoms with E-state index in [2.05, 4.69) is 45.3 Å². The molecule has 0 radical (unpaired) electrons. The highest BCUT2D eigenvalue weighted by molar-refractivity contribution is 7.80. The van der Waals surface area contributed by atoms with E-state index in [9.17, 15) is 0 Å². The molecule has 2 nitrogen and oxygen atoms in total. The Morgan fingerprint density at radius 3 is 2.07 bits per heavy atom. The summed E-state index contributed by atoms with van der Waals surface area (Å²) in [7, 11) is 0. The van der Waals surface area contributed by atoms with E-state index in [4.69, 9.17) is 12.2 Å². The molecule has 0 saturated heterocycles. The van der Waals surface area contributed by atoms with Gasteiger partial charge in [0, 0.05) is 12.6 Å². The first-order valence-corrected chi connectivity index (χ1v) is 6.37. The molecule has 1 unspecified atom stereocenters. The van der Waals surface area contributed by atoms with Crippen molar-refractivity contribution in [2.75, 3.05) is 6.54 Å². The number of nitrogens with one attached hydrogen (secondary N) is 2. The van der Waals surface area contributed by atoms with Crippen LogP contribution in [0.3, 0.4) is 0 Å². The van der Waals surface area contributed by atoms with Crippen molar-refractivity contribution in [3.8, 4) is 0 Å². The molecule has 1 atom stereocenters. The van der Waals surface area contributed by atoms with Gasteiger partial charge in [-0.05, 0) is 43.8 Å². The quantitative estimate of drug-likeness (QED) is 0.686. The summed E-state index contributed by atoms with van der Waals surface area (Å²) in [6.45, 7) is 12.0. The van der Waals surface area contributed by atoms with Crippen molar-refractivity contribution in [2.45, 2.75) is 53.5 Å². The second kappa shape index (κ2) is 7.91. The monoisotopic (exact) mass is 230 g/mol. The lowest BCUT2D eigenvalue weighted by molar-refractivity contribution is 0.489. The first-order valence-electron chi connectivity index (χ1n) is 5.96. The Balaban J connectivity index is 3.57. The van der Waals surface area contributed by atoms with E-state index < -0.39 is 0 Å². The van der Waals surface area contributed by atoms with Crippen molar-refractivity contribution in [3.05, 3.63) is 0 Å². The third-order valence-corrected chi connectivity index (χ3v) is 2.49. The minimum Gasteiger partial charge on any atom is -0.362 e. The average Bonchev–Trinajstić information content (AvgIpc) is 2.11. The summed E-state index contributed by atoms with van der Waals surface area (Å²) in [4.78, 5) is 0. The molecule has 3 heteroatoms. The fourth-order valence-corrected chi connectivity index (χ4v) is 1.51. The van der Waals surface area contributed by atoms with Crippen LogP contribution >= 0.6 is 12.2 Å². The maximum atomic E-state index is 5.21. The lowest BCUT2D eigenvalue weighted by Crippen LogP contribution is -2.41. The molecule has 0 spiro atoms. The molecule has 0 aromatic heterocycles. The highest BCUT2D eigenvalue weighted by Crippen LogP contribution is 2.06. The second-order valence-electron chi connectivity index (χ2n) is 5.12. The van der Waals surface area contributed by atoms with Crippen LogP contribution in [0.4, 0.5) is 0 Å². The van der Waals surface area contributed by atoms with Crippen LogP contribution in [0.5, 0.6) is 0 Å². The zero-order chi connectivity index (χ0) is 11.8. The Labute approximate surface area is 100 Å². The molecule has 0 bridgehead atoms. The Hall–Kier alpha value is -0.310. The summed E-state index contributed by atoms with van der Waals surface area (Å²) in [5.41, 5.74) is 0. The van der Waals surface area contributed by atoms with Gasteiger partial charge in [-0.25, -0.2) is 0 Å². The van der Waals surface area contributed by atoms with Crippen LogP contribution in [-0.2, 0) is 0 Å². The van der Waals surface area contributed by atoms with Crippen molar-refractivity contribution in [1.29, 1.82) is 0 Å². The first-order chi connectivity index (χ1) is 6.91. The van der Waals surface area contributed by atoms with Gasteiger partial charge in [-0.3, -0.25) is 0 Å². The predicted octanol–water partition coefficient (Wildman–Crippen LogP) is 2.93. The Morgan fingerprint density at radius 2 is 1.60 bits per heavy atom. The van der Waals surface area contributed by atoms with Crippen LogP contribution in [0, 0.1) is 11.8 Å². The van der Waals surface area contributed by atoms with Crippen molar-refractivity contribution < 1.29 is 0 Å². The molecule has 0 heterocycles. The van der Waals surface area contributed by atoms with Gasteiger partial charge < -0.3 is 10.6 Å². The number of hydrogen-bond acceptors (Lipinski definition) is 1. The fourth-order valence-electron chi connectivity index (χ4n) is 1.23. The lowest BCUT2D eigenvalue weighted by Gasteiger charge is -2.18. The van der Waals surface area contributed by atoms with Gasteiger partial charge in [-0.15, -0.1) is 0 Å². The molecule has 0 aliphatic rings. The molecule has 15 heavy (non-hydrogen) atoms. The molecule has 0 aliphatic heterocycles. The summed E-state index contributed by atoms with van der Waals surface area (Å²) in [6.07, 6.45) is 2.43. The lowest BCUT2D eigenvalue weighted by atomic mass is 10.0. The van der Waals surface area contributed by atoms with E-state index in [0.29, 0.717) is 12.0 Å². The van der Waals surface area contributed by atoms with E-state index in [1.807, 2.05) is 0 Å². The Bertz CT molecular complexity index is 178. The van der Waals surface area contributed by atoms with Crippen molar-refractivity contribution in [1.82, 2.24) is 10.6 Å². The summed E-state index contributed by atoms with van der Waals surface area (Å²) in [6, 6.07) is 0.472. The van der Waals surface area contributed by atoms with Crippen LogP contribution in [0.1, 0.15) is 47.5 Å². The highest BCUT2D eigenvalue weighted by atomic mass is 32.1. The third kappa shape index (κ3) is 9.98. The van der Waals surface area contributed by atoms with Crippen LogP contribution in [0.25, 0.3) is 0 Å². The number of rotatable bonds is 6. The molecule has 0 aliphatic carbocycles. The van der Waals surface area contributed by atoms with E-state index in [1.165, 1.54) is 12.8 Å². The second-order valence-corrected chi connectivity index (χ2v) is 5.53. The van der Waals surface area contributed by atoms with Crippen LogP contribution in [0.15, 0.2) is 0 Å². The molecule has 0 aromatic rings. The molecular formula is C12H26N2S. The molecule has 2 N–H and O–H groups in total. The summed E-state index contributed by atoms with van der Waals surface area (Å²) in [5.74, 6) is 1.40.